The third kappa shape index (κ3) is 4.46. The summed E-state index contributed by atoms with van der Waals surface area (Å²) in [5, 5.41) is 37.8. The van der Waals surface area contributed by atoms with Crippen LogP contribution < -0.4 is 10.6 Å². The Morgan fingerprint density at radius 3 is 2.22 bits per heavy atom. The van der Waals surface area contributed by atoms with Crippen molar-refractivity contribution >= 4 is 11.4 Å². The zero-order valence-corrected chi connectivity index (χ0v) is 12.8. The summed E-state index contributed by atoms with van der Waals surface area (Å²) in [6, 6.07) is 7.23. The third-order valence-corrected chi connectivity index (χ3v) is 3.55. The molecule has 2 unspecified atom stereocenters. The fourth-order valence-electron chi connectivity index (χ4n) is 2.45. The molecule has 7 N–H and O–H groups in total. The summed E-state index contributed by atoms with van der Waals surface area (Å²) in [5.74, 6) is 0. The summed E-state index contributed by atoms with van der Waals surface area (Å²) in [4.78, 5) is 4.71. The topological polar surface area (TPSA) is 126 Å². The standard InChI is InChI=1S/C16H23N3O4/c17-12-1-2-16(15(5-12)11-3-4-18-6-11)19(7-13(22)9-20)8-14(23)10-21/h1-6,13-14,18,20-23H,7-10,17H2. The number of nitrogen functional groups attached to an aromatic ring is 1. The first kappa shape index (κ1) is 17.3. The van der Waals surface area contributed by atoms with Gasteiger partial charge in [-0.3, -0.25) is 0 Å². The second-order valence-electron chi connectivity index (χ2n) is 5.45. The average molecular weight is 321 g/mol. The van der Waals surface area contributed by atoms with Crippen molar-refractivity contribution in [2.75, 3.05) is 36.9 Å². The van der Waals surface area contributed by atoms with Gasteiger partial charge in [-0.05, 0) is 24.3 Å². The number of anilines is 2. The van der Waals surface area contributed by atoms with Crippen LogP contribution in [0.1, 0.15) is 0 Å². The van der Waals surface area contributed by atoms with Gasteiger partial charge in [0.1, 0.15) is 0 Å². The molecule has 0 aliphatic heterocycles. The molecule has 0 spiro atoms. The van der Waals surface area contributed by atoms with Crippen molar-refractivity contribution in [3.63, 3.8) is 0 Å². The van der Waals surface area contributed by atoms with Gasteiger partial charge in [-0.15, -0.1) is 0 Å². The van der Waals surface area contributed by atoms with E-state index in [9.17, 15) is 10.2 Å². The Labute approximate surface area is 134 Å². The van der Waals surface area contributed by atoms with Crippen molar-refractivity contribution in [1.82, 2.24) is 4.98 Å². The molecular weight excluding hydrogens is 298 g/mol. The number of aliphatic hydroxyl groups is 4. The van der Waals surface area contributed by atoms with E-state index < -0.39 is 12.2 Å². The summed E-state index contributed by atoms with van der Waals surface area (Å²) >= 11 is 0. The number of hydrogen-bond donors (Lipinski definition) is 6. The van der Waals surface area contributed by atoms with Gasteiger partial charge in [0.25, 0.3) is 0 Å². The summed E-state index contributed by atoms with van der Waals surface area (Å²) < 4.78 is 0. The van der Waals surface area contributed by atoms with Gasteiger partial charge in [-0.25, -0.2) is 0 Å². The van der Waals surface area contributed by atoms with E-state index in [1.54, 1.807) is 23.2 Å². The Hall–Kier alpha value is -2.06. The molecule has 0 saturated heterocycles. The van der Waals surface area contributed by atoms with E-state index in [0.29, 0.717) is 5.69 Å². The predicted molar refractivity (Wildman–Crippen MR) is 89.0 cm³/mol. The van der Waals surface area contributed by atoms with Crippen LogP contribution in [0.3, 0.4) is 0 Å². The lowest BCUT2D eigenvalue weighted by molar-refractivity contribution is 0.0839. The highest BCUT2D eigenvalue weighted by atomic mass is 16.3. The normalized spacial score (nSPS) is 13.7. The first-order valence-corrected chi connectivity index (χ1v) is 7.40. The van der Waals surface area contributed by atoms with E-state index in [0.717, 1.165) is 16.8 Å². The van der Waals surface area contributed by atoms with Crippen LogP contribution in [0.5, 0.6) is 0 Å². The minimum absolute atomic E-state index is 0.120. The van der Waals surface area contributed by atoms with Crippen molar-refractivity contribution < 1.29 is 20.4 Å². The smallest absolute Gasteiger partial charge is 0.0945 e. The Bertz CT molecular complexity index is 591. The minimum atomic E-state index is -0.961. The number of nitrogens with two attached hydrogens (primary N) is 1. The first-order chi connectivity index (χ1) is 11.0. The fourth-order valence-corrected chi connectivity index (χ4v) is 2.45. The van der Waals surface area contributed by atoms with Gasteiger partial charge >= 0.3 is 0 Å². The van der Waals surface area contributed by atoms with E-state index in [1.807, 2.05) is 18.3 Å². The van der Waals surface area contributed by atoms with E-state index in [2.05, 4.69) is 4.98 Å². The van der Waals surface area contributed by atoms with Crippen molar-refractivity contribution in [3.05, 3.63) is 36.7 Å². The highest BCUT2D eigenvalue weighted by Gasteiger charge is 2.19. The second kappa shape index (κ2) is 7.98. The van der Waals surface area contributed by atoms with E-state index in [-0.39, 0.29) is 26.3 Å². The predicted octanol–water partition coefficient (Wildman–Crippen LogP) is -0.223. The molecule has 7 nitrogen and oxygen atoms in total. The summed E-state index contributed by atoms with van der Waals surface area (Å²) in [6.07, 6.45) is 1.69. The molecule has 1 aromatic carbocycles. The highest BCUT2D eigenvalue weighted by molar-refractivity contribution is 5.81. The van der Waals surface area contributed by atoms with Crippen LogP contribution >= 0.6 is 0 Å². The lowest BCUT2D eigenvalue weighted by Gasteiger charge is -2.30. The van der Waals surface area contributed by atoms with Crippen LogP contribution in [0.2, 0.25) is 0 Å². The van der Waals surface area contributed by atoms with Gasteiger partial charge < -0.3 is 36.0 Å². The molecule has 2 aromatic rings. The zero-order valence-electron chi connectivity index (χ0n) is 12.8. The van der Waals surface area contributed by atoms with Crippen LogP contribution in [0.15, 0.2) is 36.7 Å². The summed E-state index contributed by atoms with van der Waals surface area (Å²) in [7, 11) is 0. The van der Waals surface area contributed by atoms with Crippen LogP contribution in [0.25, 0.3) is 11.1 Å². The van der Waals surface area contributed by atoms with Gasteiger partial charge in [0.2, 0.25) is 0 Å². The third-order valence-electron chi connectivity index (χ3n) is 3.55. The molecule has 0 aliphatic rings. The number of nitrogens with zero attached hydrogens (tertiary/aromatic N) is 1. The van der Waals surface area contributed by atoms with Crippen molar-refractivity contribution in [1.29, 1.82) is 0 Å². The number of benzene rings is 1. The monoisotopic (exact) mass is 321 g/mol. The number of H-pyrrole nitrogens is 1. The van der Waals surface area contributed by atoms with E-state index in [4.69, 9.17) is 15.9 Å². The van der Waals surface area contributed by atoms with E-state index in [1.165, 1.54) is 0 Å². The number of aromatic amines is 1. The molecule has 7 heteroatoms. The van der Waals surface area contributed by atoms with Gasteiger partial charge in [-0.1, -0.05) is 0 Å². The quantitative estimate of drug-likeness (QED) is 0.373. The maximum Gasteiger partial charge on any atom is 0.0945 e. The van der Waals surface area contributed by atoms with Crippen LogP contribution in [0.4, 0.5) is 11.4 Å². The molecule has 0 radical (unpaired) electrons. The van der Waals surface area contributed by atoms with Crippen molar-refractivity contribution in [2.24, 2.45) is 0 Å². The number of hydrogen-bond acceptors (Lipinski definition) is 6. The molecule has 0 aliphatic carbocycles. The molecular formula is C16H23N3O4. The molecule has 126 valence electrons. The lowest BCUT2D eigenvalue weighted by Crippen LogP contribution is -2.40. The van der Waals surface area contributed by atoms with Gasteiger partial charge in [-0.2, -0.15) is 0 Å². The van der Waals surface area contributed by atoms with Gasteiger partial charge in [0, 0.05) is 48.0 Å². The first-order valence-electron chi connectivity index (χ1n) is 7.40. The SMILES string of the molecule is Nc1ccc(N(CC(O)CO)CC(O)CO)c(-c2cc[nH]c2)c1. The Morgan fingerprint density at radius 2 is 1.70 bits per heavy atom. The molecule has 0 amide bonds. The molecule has 0 saturated carbocycles. The molecule has 1 heterocycles. The maximum absolute atomic E-state index is 9.78. The second-order valence-corrected chi connectivity index (χ2v) is 5.45. The molecule has 2 atom stereocenters. The minimum Gasteiger partial charge on any atom is -0.399 e. The Kier molecular flexibility index (Phi) is 6.00. The van der Waals surface area contributed by atoms with Crippen molar-refractivity contribution in [2.45, 2.75) is 12.2 Å². The Morgan fingerprint density at radius 1 is 1.04 bits per heavy atom. The number of aliphatic hydroxyl groups excluding tert-OH is 4. The zero-order chi connectivity index (χ0) is 16.8. The number of nitrogens with one attached hydrogen (secondary N) is 1. The Balaban J connectivity index is 2.40. The number of rotatable bonds is 8. The van der Waals surface area contributed by atoms with Crippen LogP contribution in [-0.2, 0) is 0 Å². The van der Waals surface area contributed by atoms with Crippen molar-refractivity contribution in [3.8, 4) is 11.1 Å². The molecule has 23 heavy (non-hydrogen) atoms. The molecule has 1 aromatic heterocycles. The van der Waals surface area contributed by atoms with E-state index >= 15 is 0 Å². The summed E-state index contributed by atoms with van der Waals surface area (Å²) in [6.45, 7) is -0.538. The maximum atomic E-state index is 9.78. The number of aromatic nitrogens is 1. The highest BCUT2D eigenvalue weighted by Crippen LogP contribution is 2.33. The van der Waals surface area contributed by atoms with Crippen LogP contribution in [-0.4, -0.2) is 63.9 Å². The molecule has 2 rings (SSSR count). The average Bonchev–Trinajstić information content (AvgIpc) is 3.08. The van der Waals surface area contributed by atoms with Crippen LogP contribution in [0, 0.1) is 0 Å². The molecule has 0 bridgehead atoms. The largest absolute Gasteiger partial charge is 0.399 e. The van der Waals surface area contributed by atoms with Gasteiger partial charge in [0.05, 0.1) is 25.4 Å². The fraction of sp³-hybridized carbons (Fsp3) is 0.375. The summed E-state index contributed by atoms with van der Waals surface area (Å²) in [5.41, 5.74) is 8.97. The lowest BCUT2D eigenvalue weighted by atomic mass is 10.0. The van der Waals surface area contributed by atoms with Gasteiger partial charge in [0.15, 0.2) is 0 Å². The molecule has 0 fully saturated rings.